The first kappa shape index (κ1) is 18.9. The molecule has 2 aromatic rings. The van der Waals surface area contributed by atoms with Gasteiger partial charge in [-0.3, -0.25) is 4.79 Å². The molecule has 0 aliphatic rings. The molecule has 2 aromatic carbocycles. The number of benzene rings is 2. The number of ether oxygens (including phenoxy) is 3. The number of carbonyl (C=O) groups is 1. The normalized spacial score (nSPS) is 11.6. The van der Waals surface area contributed by atoms with Gasteiger partial charge in [0.15, 0.2) is 11.5 Å². The largest absolute Gasteiger partial charge is 0.493 e. The van der Waals surface area contributed by atoms with E-state index in [1.165, 1.54) is 0 Å². The van der Waals surface area contributed by atoms with Crippen LogP contribution in [0.5, 0.6) is 17.2 Å². The Hall–Kier alpha value is -2.40. The highest BCUT2D eigenvalue weighted by molar-refractivity contribution is 6.30. The molecule has 0 fully saturated rings. The Morgan fingerprint density at radius 1 is 1.08 bits per heavy atom. The van der Waals surface area contributed by atoms with E-state index in [0.29, 0.717) is 22.3 Å². The van der Waals surface area contributed by atoms with E-state index in [1.54, 1.807) is 39.5 Å². The highest BCUT2D eigenvalue weighted by Crippen LogP contribution is 2.38. The molecule has 0 bridgehead atoms. The number of halogens is 1. The lowest BCUT2D eigenvalue weighted by Crippen LogP contribution is -2.28. The van der Waals surface area contributed by atoms with Gasteiger partial charge in [0.05, 0.1) is 33.8 Å². The van der Waals surface area contributed by atoms with Crippen LogP contribution in [0, 0.1) is 0 Å². The van der Waals surface area contributed by atoms with Gasteiger partial charge in [-0.1, -0.05) is 23.7 Å². The van der Waals surface area contributed by atoms with E-state index in [2.05, 4.69) is 5.32 Å². The van der Waals surface area contributed by atoms with Crippen LogP contribution in [0.3, 0.4) is 0 Å². The van der Waals surface area contributed by atoms with E-state index in [0.717, 1.165) is 11.1 Å². The lowest BCUT2D eigenvalue weighted by atomic mass is 10.1. The summed E-state index contributed by atoms with van der Waals surface area (Å²) in [5, 5.41) is 3.61. The highest BCUT2D eigenvalue weighted by Gasteiger charge is 2.16. The van der Waals surface area contributed by atoms with Gasteiger partial charge in [-0.25, -0.2) is 0 Å². The van der Waals surface area contributed by atoms with Crippen molar-refractivity contribution in [1.82, 2.24) is 5.32 Å². The number of methoxy groups -OCH3 is 3. The molecule has 0 spiro atoms. The van der Waals surface area contributed by atoms with Crippen LogP contribution >= 0.6 is 11.6 Å². The van der Waals surface area contributed by atoms with Gasteiger partial charge >= 0.3 is 0 Å². The van der Waals surface area contributed by atoms with Crippen LogP contribution in [-0.2, 0) is 11.2 Å². The number of amides is 1. The van der Waals surface area contributed by atoms with E-state index in [1.807, 2.05) is 25.1 Å². The van der Waals surface area contributed by atoms with E-state index >= 15 is 0 Å². The topological polar surface area (TPSA) is 56.8 Å². The van der Waals surface area contributed by atoms with Crippen molar-refractivity contribution in [3.8, 4) is 17.2 Å². The molecule has 6 heteroatoms. The fourth-order valence-corrected chi connectivity index (χ4v) is 2.77. The molecular weight excluding hydrogens is 342 g/mol. The van der Waals surface area contributed by atoms with Gasteiger partial charge < -0.3 is 19.5 Å². The third-order valence-corrected chi connectivity index (χ3v) is 4.05. The first-order valence-corrected chi connectivity index (χ1v) is 8.20. The molecule has 0 heterocycles. The minimum Gasteiger partial charge on any atom is -0.493 e. The maximum atomic E-state index is 12.4. The van der Waals surface area contributed by atoms with Crippen molar-refractivity contribution in [1.29, 1.82) is 0 Å². The molecule has 0 aliphatic heterocycles. The summed E-state index contributed by atoms with van der Waals surface area (Å²) < 4.78 is 15.9. The number of hydrogen-bond donors (Lipinski definition) is 1. The zero-order chi connectivity index (χ0) is 18.4. The molecule has 2 rings (SSSR count). The average Bonchev–Trinajstić information content (AvgIpc) is 2.60. The lowest BCUT2D eigenvalue weighted by Gasteiger charge is -2.16. The molecule has 0 aliphatic carbocycles. The maximum absolute atomic E-state index is 12.4. The Labute approximate surface area is 152 Å². The van der Waals surface area contributed by atoms with Crippen LogP contribution in [0.1, 0.15) is 24.1 Å². The SMILES string of the molecule is COc1cc(CC(=O)N[C@H](C)c2cccc(Cl)c2)cc(OC)c1OC. The van der Waals surface area contributed by atoms with Crippen molar-refractivity contribution < 1.29 is 19.0 Å². The summed E-state index contributed by atoms with van der Waals surface area (Å²) in [7, 11) is 4.63. The van der Waals surface area contributed by atoms with Crippen LogP contribution in [0.4, 0.5) is 0 Å². The van der Waals surface area contributed by atoms with Crippen LogP contribution in [0.15, 0.2) is 36.4 Å². The summed E-state index contributed by atoms with van der Waals surface area (Å²) in [6.07, 6.45) is 0.196. The molecular formula is C19H22ClNO4. The lowest BCUT2D eigenvalue weighted by molar-refractivity contribution is -0.121. The highest BCUT2D eigenvalue weighted by atomic mass is 35.5. The van der Waals surface area contributed by atoms with Crippen molar-refractivity contribution in [3.05, 3.63) is 52.5 Å². The average molecular weight is 364 g/mol. The van der Waals surface area contributed by atoms with Gasteiger partial charge in [0, 0.05) is 5.02 Å². The van der Waals surface area contributed by atoms with Gasteiger partial charge in [0.1, 0.15) is 0 Å². The predicted molar refractivity (Wildman–Crippen MR) is 97.8 cm³/mol. The molecule has 0 saturated carbocycles. The number of nitrogens with one attached hydrogen (secondary N) is 1. The standard InChI is InChI=1S/C19H22ClNO4/c1-12(14-6-5-7-15(20)11-14)21-18(22)10-13-8-16(23-2)19(25-4)17(9-13)24-3/h5-9,11-12H,10H2,1-4H3,(H,21,22)/t12-/m1/s1. The summed E-state index contributed by atoms with van der Waals surface area (Å²) in [6, 6.07) is 10.8. The Balaban J connectivity index is 2.12. The summed E-state index contributed by atoms with van der Waals surface area (Å²) in [5.41, 5.74) is 1.72. The van der Waals surface area contributed by atoms with E-state index in [9.17, 15) is 4.79 Å². The molecule has 1 atom stereocenters. The molecule has 0 saturated heterocycles. The Kier molecular flexibility index (Phi) is 6.53. The predicted octanol–water partition coefficient (Wildman–Crippen LogP) is 3.79. The monoisotopic (exact) mass is 363 g/mol. The Morgan fingerprint density at radius 2 is 1.72 bits per heavy atom. The van der Waals surface area contributed by atoms with Crippen LogP contribution in [-0.4, -0.2) is 27.2 Å². The fourth-order valence-electron chi connectivity index (χ4n) is 2.57. The minimum absolute atomic E-state index is 0.109. The zero-order valence-corrected chi connectivity index (χ0v) is 15.5. The summed E-state index contributed by atoms with van der Waals surface area (Å²) in [5.74, 6) is 1.43. The quantitative estimate of drug-likeness (QED) is 0.813. The van der Waals surface area contributed by atoms with Crippen LogP contribution in [0.2, 0.25) is 5.02 Å². The second-order valence-electron chi connectivity index (χ2n) is 5.55. The third kappa shape index (κ3) is 4.79. The van der Waals surface area contributed by atoms with Gasteiger partial charge in [-0.2, -0.15) is 0 Å². The summed E-state index contributed by atoms with van der Waals surface area (Å²) >= 11 is 6.00. The number of rotatable bonds is 7. The second kappa shape index (κ2) is 8.62. The smallest absolute Gasteiger partial charge is 0.224 e. The summed E-state index contributed by atoms with van der Waals surface area (Å²) in [6.45, 7) is 1.92. The van der Waals surface area contributed by atoms with Gasteiger partial charge in [-0.15, -0.1) is 0 Å². The van der Waals surface area contributed by atoms with Gasteiger partial charge in [0.2, 0.25) is 11.7 Å². The number of carbonyl (C=O) groups excluding carboxylic acids is 1. The molecule has 134 valence electrons. The van der Waals surface area contributed by atoms with Crippen molar-refractivity contribution in [2.45, 2.75) is 19.4 Å². The van der Waals surface area contributed by atoms with Gasteiger partial charge in [-0.05, 0) is 42.3 Å². The van der Waals surface area contributed by atoms with Crippen LogP contribution in [0.25, 0.3) is 0 Å². The van der Waals surface area contributed by atoms with Crippen molar-refractivity contribution in [3.63, 3.8) is 0 Å². The van der Waals surface area contributed by atoms with E-state index < -0.39 is 0 Å². The van der Waals surface area contributed by atoms with E-state index in [-0.39, 0.29) is 18.4 Å². The zero-order valence-electron chi connectivity index (χ0n) is 14.8. The molecule has 25 heavy (non-hydrogen) atoms. The number of hydrogen-bond acceptors (Lipinski definition) is 4. The minimum atomic E-state index is -0.145. The van der Waals surface area contributed by atoms with Crippen molar-refractivity contribution >= 4 is 17.5 Å². The molecule has 1 amide bonds. The van der Waals surface area contributed by atoms with Crippen molar-refractivity contribution in [2.24, 2.45) is 0 Å². The molecule has 0 aromatic heterocycles. The molecule has 1 N–H and O–H groups in total. The fraction of sp³-hybridized carbons (Fsp3) is 0.316. The third-order valence-electron chi connectivity index (χ3n) is 3.82. The van der Waals surface area contributed by atoms with Gasteiger partial charge in [0.25, 0.3) is 0 Å². The van der Waals surface area contributed by atoms with E-state index in [4.69, 9.17) is 25.8 Å². The van der Waals surface area contributed by atoms with Crippen molar-refractivity contribution in [2.75, 3.05) is 21.3 Å². The molecule has 0 unspecified atom stereocenters. The maximum Gasteiger partial charge on any atom is 0.224 e. The molecule has 0 radical (unpaired) electrons. The summed E-state index contributed by atoms with van der Waals surface area (Å²) in [4.78, 5) is 12.4. The Bertz CT molecular complexity index is 723. The van der Waals surface area contributed by atoms with Crippen LogP contribution < -0.4 is 19.5 Å². The first-order valence-electron chi connectivity index (χ1n) is 7.82. The first-order chi connectivity index (χ1) is 12.0. The molecule has 5 nitrogen and oxygen atoms in total. The second-order valence-corrected chi connectivity index (χ2v) is 5.99. The Morgan fingerprint density at radius 3 is 2.24 bits per heavy atom.